The Hall–Kier alpha value is -1.61. The van der Waals surface area contributed by atoms with Crippen LogP contribution in [-0.2, 0) is 10.0 Å². The van der Waals surface area contributed by atoms with Crippen molar-refractivity contribution in [1.82, 2.24) is 14.3 Å². The molecule has 1 aromatic heterocycles. The van der Waals surface area contributed by atoms with Gasteiger partial charge in [-0.15, -0.1) is 0 Å². The van der Waals surface area contributed by atoms with Gasteiger partial charge in [0, 0.05) is 26.2 Å². The highest BCUT2D eigenvalue weighted by molar-refractivity contribution is 7.90. The lowest BCUT2D eigenvalue weighted by Gasteiger charge is -2.22. The van der Waals surface area contributed by atoms with Crippen molar-refractivity contribution in [2.24, 2.45) is 0 Å². The van der Waals surface area contributed by atoms with Gasteiger partial charge < -0.3 is 14.4 Å². The van der Waals surface area contributed by atoms with E-state index in [1.54, 1.807) is 10.4 Å². The van der Waals surface area contributed by atoms with Crippen molar-refractivity contribution >= 4 is 16.0 Å². The molecule has 8 nitrogen and oxygen atoms in total. The van der Waals surface area contributed by atoms with Crippen molar-refractivity contribution in [2.75, 3.05) is 45.3 Å². The molecule has 23 heavy (non-hydrogen) atoms. The summed E-state index contributed by atoms with van der Waals surface area (Å²) in [6, 6.07) is 1.62. The average Bonchev–Trinajstić information content (AvgIpc) is 3.40. The number of methoxy groups -OCH3 is 2. The van der Waals surface area contributed by atoms with Gasteiger partial charge in [-0.25, -0.2) is 8.42 Å². The molecule has 0 unspecified atom stereocenters. The van der Waals surface area contributed by atoms with Gasteiger partial charge in [0.15, 0.2) is 0 Å². The van der Waals surface area contributed by atoms with E-state index in [1.807, 2.05) is 4.90 Å². The zero-order valence-electron chi connectivity index (χ0n) is 13.4. The second-order valence-electron chi connectivity index (χ2n) is 5.74. The van der Waals surface area contributed by atoms with Crippen LogP contribution in [0.4, 0.5) is 5.95 Å². The molecule has 1 aliphatic heterocycles. The van der Waals surface area contributed by atoms with Gasteiger partial charge >= 0.3 is 0 Å². The van der Waals surface area contributed by atoms with Crippen molar-refractivity contribution < 1.29 is 17.9 Å². The fourth-order valence-corrected chi connectivity index (χ4v) is 4.54. The molecule has 0 aromatic carbocycles. The van der Waals surface area contributed by atoms with E-state index >= 15 is 0 Å². The van der Waals surface area contributed by atoms with Gasteiger partial charge in [-0.2, -0.15) is 14.3 Å². The normalized spacial score (nSPS) is 20.2. The minimum absolute atomic E-state index is 0.165. The van der Waals surface area contributed by atoms with Crippen LogP contribution in [0.2, 0.25) is 0 Å². The molecule has 1 saturated heterocycles. The summed E-state index contributed by atoms with van der Waals surface area (Å²) in [5.74, 6) is 1.36. The fourth-order valence-electron chi connectivity index (χ4n) is 2.67. The number of sulfonamides is 1. The molecule has 0 N–H and O–H groups in total. The summed E-state index contributed by atoms with van der Waals surface area (Å²) in [7, 11) is -0.0478. The van der Waals surface area contributed by atoms with Crippen LogP contribution in [0.1, 0.15) is 19.3 Å². The van der Waals surface area contributed by atoms with Gasteiger partial charge in [0.25, 0.3) is 0 Å². The lowest BCUT2D eigenvalue weighted by Crippen LogP contribution is -2.37. The molecule has 1 aromatic rings. The van der Waals surface area contributed by atoms with Crippen molar-refractivity contribution in [3.63, 3.8) is 0 Å². The molecular weight excluding hydrogens is 320 g/mol. The van der Waals surface area contributed by atoms with Crippen LogP contribution in [0.3, 0.4) is 0 Å². The van der Waals surface area contributed by atoms with E-state index in [2.05, 4.69) is 9.97 Å². The molecule has 2 heterocycles. The van der Waals surface area contributed by atoms with E-state index in [0.29, 0.717) is 43.9 Å². The maximum Gasteiger partial charge on any atom is 0.232 e. The van der Waals surface area contributed by atoms with Crippen molar-refractivity contribution in [2.45, 2.75) is 24.5 Å². The summed E-state index contributed by atoms with van der Waals surface area (Å²) in [5, 5.41) is -0.165. The Bertz CT molecular complexity index is 640. The van der Waals surface area contributed by atoms with Crippen molar-refractivity contribution in [1.29, 1.82) is 0 Å². The molecule has 0 spiro atoms. The molecule has 2 fully saturated rings. The molecule has 1 aliphatic carbocycles. The average molecular weight is 342 g/mol. The lowest BCUT2D eigenvalue weighted by atomic mass is 10.4. The predicted molar refractivity (Wildman–Crippen MR) is 85.5 cm³/mol. The molecular formula is C14H22N4O4S. The van der Waals surface area contributed by atoms with Crippen LogP contribution < -0.4 is 14.4 Å². The molecule has 0 atom stereocenters. The first-order valence-electron chi connectivity index (χ1n) is 7.75. The standard InChI is InChI=1S/C14H22N4O4S/c1-21-12-10-13(22-2)16-14(15-12)17-6-3-7-18(9-8-17)23(19,20)11-4-5-11/h10-11H,3-9H2,1-2H3. The topological polar surface area (TPSA) is 84.9 Å². The summed E-state index contributed by atoms with van der Waals surface area (Å²) in [6.45, 7) is 2.27. The van der Waals surface area contributed by atoms with Crippen LogP contribution in [-0.4, -0.2) is 68.3 Å². The molecule has 0 amide bonds. The van der Waals surface area contributed by atoms with E-state index in [1.165, 1.54) is 14.2 Å². The zero-order chi connectivity index (χ0) is 16.4. The van der Waals surface area contributed by atoms with E-state index in [9.17, 15) is 8.42 Å². The van der Waals surface area contributed by atoms with Gasteiger partial charge in [-0.3, -0.25) is 0 Å². The van der Waals surface area contributed by atoms with E-state index in [-0.39, 0.29) is 5.25 Å². The molecule has 9 heteroatoms. The largest absolute Gasteiger partial charge is 0.481 e. The number of rotatable bonds is 5. The Labute approximate surface area is 136 Å². The summed E-state index contributed by atoms with van der Waals surface area (Å²) in [4.78, 5) is 10.7. The van der Waals surface area contributed by atoms with Crippen molar-refractivity contribution in [3.05, 3.63) is 6.07 Å². The van der Waals surface area contributed by atoms with Crippen LogP contribution in [0.5, 0.6) is 11.8 Å². The van der Waals surface area contributed by atoms with Crippen LogP contribution in [0.25, 0.3) is 0 Å². The number of aromatic nitrogens is 2. The van der Waals surface area contributed by atoms with E-state index in [4.69, 9.17) is 9.47 Å². The summed E-state index contributed by atoms with van der Waals surface area (Å²) in [5.41, 5.74) is 0. The highest BCUT2D eigenvalue weighted by Gasteiger charge is 2.40. The summed E-state index contributed by atoms with van der Waals surface area (Å²) >= 11 is 0. The highest BCUT2D eigenvalue weighted by atomic mass is 32.2. The molecule has 1 saturated carbocycles. The van der Waals surface area contributed by atoms with Crippen LogP contribution in [0.15, 0.2) is 6.07 Å². The van der Waals surface area contributed by atoms with Gasteiger partial charge in [0.1, 0.15) is 0 Å². The molecule has 128 valence electrons. The van der Waals surface area contributed by atoms with E-state index in [0.717, 1.165) is 19.3 Å². The van der Waals surface area contributed by atoms with E-state index < -0.39 is 10.0 Å². The molecule has 3 rings (SSSR count). The first kappa shape index (κ1) is 16.3. The Morgan fingerprint density at radius 3 is 2.26 bits per heavy atom. The number of ether oxygens (including phenoxy) is 2. The second kappa shape index (κ2) is 6.48. The second-order valence-corrected chi connectivity index (χ2v) is 7.95. The maximum atomic E-state index is 12.4. The summed E-state index contributed by atoms with van der Waals surface area (Å²) < 4.78 is 36.7. The van der Waals surface area contributed by atoms with Crippen LogP contribution >= 0.6 is 0 Å². The van der Waals surface area contributed by atoms with Gasteiger partial charge in [-0.1, -0.05) is 0 Å². The molecule has 2 aliphatic rings. The Balaban J connectivity index is 1.75. The Morgan fingerprint density at radius 2 is 1.70 bits per heavy atom. The highest BCUT2D eigenvalue weighted by Crippen LogP contribution is 2.31. The minimum atomic E-state index is -3.13. The number of hydrogen-bond acceptors (Lipinski definition) is 7. The van der Waals surface area contributed by atoms with Crippen LogP contribution in [0, 0.1) is 0 Å². The molecule has 0 bridgehead atoms. The summed E-state index contributed by atoms with van der Waals surface area (Å²) in [6.07, 6.45) is 2.33. The maximum absolute atomic E-state index is 12.4. The Morgan fingerprint density at radius 1 is 1.04 bits per heavy atom. The lowest BCUT2D eigenvalue weighted by molar-refractivity contribution is 0.371. The third-order valence-corrected chi connectivity index (χ3v) is 6.53. The Kier molecular flexibility index (Phi) is 4.58. The van der Waals surface area contributed by atoms with Gasteiger partial charge in [0.05, 0.1) is 25.5 Å². The third kappa shape index (κ3) is 3.50. The van der Waals surface area contributed by atoms with Crippen molar-refractivity contribution in [3.8, 4) is 11.8 Å². The first-order chi connectivity index (χ1) is 11.0. The fraction of sp³-hybridized carbons (Fsp3) is 0.714. The predicted octanol–water partition coefficient (Wildman–Crippen LogP) is 0.498. The monoisotopic (exact) mass is 342 g/mol. The zero-order valence-corrected chi connectivity index (χ0v) is 14.3. The number of nitrogens with zero attached hydrogens (tertiary/aromatic N) is 4. The van der Waals surface area contributed by atoms with Gasteiger partial charge in [0.2, 0.25) is 27.7 Å². The van der Waals surface area contributed by atoms with Gasteiger partial charge in [-0.05, 0) is 19.3 Å². The minimum Gasteiger partial charge on any atom is -0.481 e. The molecule has 0 radical (unpaired) electrons. The number of anilines is 1. The third-order valence-electron chi connectivity index (χ3n) is 4.13. The quantitative estimate of drug-likeness (QED) is 0.770. The number of hydrogen-bond donors (Lipinski definition) is 0. The smallest absolute Gasteiger partial charge is 0.232 e. The first-order valence-corrected chi connectivity index (χ1v) is 9.26. The SMILES string of the molecule is COc1cc(OC)nc(N2CCCN(S(=O)(=O)C3CC3)CC2)n1.